The quantitative estimate of drug-likeness (QED) is 0.839. The van der Waals surface area contributed by atoms with Crippen molar-refractivity contribution in [1.29, 1.82) is 0 Å². The second kappa shape index (κ2) is 7.70. The molecule has 0 spiro atoms. The van der Waals surface area contributed by atoms with Gasteiger partial charge >= 0.3 is 0 Å². The Morgan fingerprint density at radius 1 is 1.09 bits per heavy atom. The summed E-state index contributed by atoms with van der Waals surface area (Å²) in [6.07, 6.45) is 1.71. The summed E-state index contributed by atoms with van der Waals surface area (Å²) in [5, 5.41) is 1.94. The molecule has 2 aromatic rings. The molecule has 1 fully saturated rings. The van der Waals surface area contributed by atoms with Crippen LogP contribution >= 0.6 is 11.3 Å². The first kappa shape index (κ1) is 16.1. The predicted octanol–water partition coefficient (Wildman–Crippen LogP) is 3.28. The monoisotopic (exact) mass is 332 g/mol. The van der Waals surface area contributed by atoms with E-state index >= 15 is 0 Å². The number of benzene rings is 1. The van der Waals surface area contributed by atoms with Crippen molar-refractivity contribution in [2.45, 2.75) is 12.8 Å². The van der Waals surface area contributed by atoms with Crippen LogP contribution in [-0.4, -0.2) is 48.4 Å². The summed E-state index contributed by atoms with van der Waals surface area (Å²) < 4.78 is 13.6. The standard InChI is InChI=1S/C18H21FN2OS/c19-16-7-2-1-5-15(16)6-3-9-20-10-12-21(13-11-20)18(22)17-8-4-14-23-17/h1-2,4-5,7-8,14H,3,6,9-13H2. The van der Waals surface area contributed by atoms with Crippen molar-refractivity contribution in [2.24, 2.45) is 0 Å². The molecule has 3 nitrogen and oxygen atoms in total. The summed E-state index contributed by atoms with van der Waals surface area (Å²) >= 11 is 1.50. The first-order chi connectivity index (χ1) is 11.2. The lowest BCUT2D eigenvalue weighted by atomic mass is 10.1. The maximum Gasteiger partial charge on any atom is 0.264 e. The first-order valence-corrected chi connectivity index (χ1v) is 8.90. The van der Waals surface area contributed by atoms with Gasteiger partial charge in [0.2, 0.25) is 0 Å². The van der Waals surface area contributed by atoms with E-state index in [0.717, 1.165) is 56.0 Å². The van der Waals surface area contributed by atoms with Crippen LogP contribution in [0.3, 0.4) is 0 Å². The first-order valence-electron chi connectivity index (χ1n) is 8.02. The fourth-order valence-electron chi connectivity index (χ4n) is 2.92. The zero-order valence-corrected chi connectivity index (χ0v) is 13.9. The summed E-state index contributed by atoms with van der Waals surface area (Å²) in [7, 11) is 0. The van der Waals surface area contributed by atoms with Crippen LogP contribution in [0.5, 0.6) is 0 Å². The van der Waals surface area contributed by atoms with Gasteiger partial charge in [0.15, 0.2) is 0 Å². The Bertz CT molecular complexity index is 636. The van der Waals surface area contributed by atoms with E-state index in [-0.39, 0.29) is 11.7 Å². The number of nitrogens with zero attached hydrogens (tertiary/aromatic N) is 2. The van der Waals surface area contributed by atoms with Crippen LogP contribution in [-0.2, 0) is 6.42 Å². The van der Waals surface area contributed by atoms with E-state index in [1.807, 2.05) is 34.5 Å². The zero-order chi connectivity index (χ0) is 16.1. The van der Waals surface area contributed by atoms with Crippen LogP contribution in [0.2, 0.25) is 0 Å². The van der Waals surface area contributed by atoms with Crippen molar-refractivity contribution in [2.75, 3.05) is 32.7 Å². The Labute approximate surface area is 140 Å². The van der Waals surface area contributed by atoms with Gasteiger partial charge in [-0.15, -0.1) is 11.3 Å². The molecule has 1 amide bonds. The van der Waals surface area contributed by atoms with E-state index in [9.17, 15) is 9.18 Å². The maximum atomic E-state index is 13.6. The average molecular weight is 332 g/mol. The molecule has 23 heavy (non-hydrogen) atoms. The normalized spacial score (nSPS) is 15.8. The third-order valence-electron chi connectivity index (χ3n) is 4.27. The van der Waals surface area contributed by atoms with Crippen LogP contribution < -0.4 is 0 Å². The fraction of sp³-hybridized carbons (Fsp3) is 0.389. The van der Waals surface area contributed by atoms with Gasteiger partial charge in [0.1, 0.15) is 5.82 Å². The van der Waals surface area contributed by atoms with Gasteiger partial charge in [0.05, 0.1) is 4.88 Å². The Morgan fingerprint density at radius 3 is 2.57 bits per heavy atom. The van der Waals surface area contributed by atoms with E-state index in [1.54, 1.807) is 6.07 Å². The topological polar surface area (TPSA) is 23.6 Å². The van der Waals surface area contributed by atoms with Gasteiger partial charge in [-0.1, -0.05) is 24.3 Å². The molecule has 1 aliphatic rings. The molecule has 0 bridgehead atoms. The molecule has 2 heterocycles. The molecular weight excluding hydrogens is 311 g/mol. The van der Waals surface area contributed by atoms with Gasteiger partial charge < -0.3 is 4.90 Å². The summed E-state index contributed by atoms with van der Waals surface area (Å²) in [4.78, 5) is 17.4. The van der Waals surface area contributed by atoms with Gasteiger partial charge in [0.25, 0.3) is 5.91 Å². The van der Waals surface area contributed by atoms with Crippen LogP contribution in [0.15, 0.2) is 41.8 Å². The van der Waals surface area contributed by atoms with Crippen molar-refractivity contribution >= 4 is 17.2 Å². The largest absolute Gasteiger partial charge is 0.335 e. The Kier molecular flexibility index (Phi) is 5.41. The van der Waals surface area contributed by atoms with Crippen molar-refractivity contribution in [3.05, 3.63) is 58.0 Å². The highest BCUT2D eigenvalue weighted by molar-refractivity contribution is 7.12. The third-order valence-corrected chi connectivity index (χ3v) is 5.13. The molecule has 122 valence electrons. The number of hydrogen-bond donors (Lipinski definition) is 0. The zero-order valence-electron chi connectivity index (χ0n) is 13.1. The third kappa shape index (κ3) is 4.18. The average Bonchev–Trinajstić information content (AvgIpc) is 3.11. The Morgan fingerprint density at radius 2 is 1.87 bits per heavy atom. The second-order valence-corrected chi connectivity index (χ2v) is 6.75. The van der Waals surface area contributed by atoms with Crippen LogP contribution in [0, 0.1) is 5.82 Å². The minimum Gasteiger partial charge on any atom is -0.335 e. The smallest absolute Gasteiger partial charge is 0.264 e. The van der Waals surface area contributed by atoms with Gasteiger partial charge in [-0.3, -0.25) is 9.69 Å². The molecule has 1 aromatic heterocycles. The van der Waals surface area contributed by atoms with Gasteiger partial charge in [-0.2, -0.15) is 0 Å². The van der Waals surface area contributed by atoms with E-state index in [0.29, 0.717) is 0 Å². The minimum absolute atomic E-state index is 0.112. The molecule has 1 aromatic carbocycles. The number of thiophene rings is 1. The summed E-state index contributed by atoms with van der Waals surface area (Å²) in [6, 6.07) is 10.8. The van der Waals surface area contributed by atoms with Crippen molar-refractivity contribution in [1.82, 2.24) is 9.80 Å². The Hall–Kier alpha value is -1.72. The van der Waals surface area contributed by atoms with Gasteiger partial charge in [-0.25, -0.2) is 4.39 Å². The predicted molar refractivity (Wildman–Crippen MR) is 91.4 cm³/mol. The lowest BCUT2D eigenvalue weighted by molar-refractivity contribution is 0.0641. The second-order valence-electron chi connectivity index (χ2n) is 5.81. The number of carbonyl (C=O) groups is 1. The number of rotatable bonds is 5. The lowest BCUT2D eigenvalue weighted by Gasteiger charge is -2.34. The van der Waals surface area contributed by atoms with Crippen LogP contribution in [0.1, 0.15) is 21.7 Å². The van der Waals surface area contributed by atoms with E-state index in [4.69, 9.17) is 0 Å². The number of aryl methyl sites for hydroxylation is 1. The summed E-state index contributed by atoms with van der Waals surface area (Å²) in [5.74, 6) is 0.0323. The molecule has 0 atom stereocenters. The molecule has 3 rings (SSSR count). The molecule has 0 radical (unpaired) electrons. The Balaban J connectivity index is 1.41. The van der Waals surface area contributed by atoms with Gasteiger partial charge in [-0.05, 0) is 42.5 Å². The maximum absolute atomic E-state index is 13.6. The molecule has 5 heteroatoms. The van der Waals surface area contributed by atoms with Crippen LogP contribution in [0.4, 0.5) is 4.39 Å². The van der Waals surface area contributed by atoms with Crippen molar-refractivity contribution in [3.8, 4) is 0 Å². The number of hydrogen-bond acceptors (Lipinski definition) is 3. The number of halogens is 1. The number of carbonyl (C=O) groups excluding carboxylic acids is 1. The highest BCUT2D eigenvalue weighted by Crippen LogP contribution is 2.14. The van der Waals surface area contributed by atoms with Crippen LogP contribution in [0.25, 0.3) is 0 Å². The highest BCUT2D eigenvalue weighted by atomic mass is 32.1. The lowest BCUT2D eigenvalue weighted by Crippen LogP contribution is -2.48. The fourth-order valence-corrected chi connectivity index (χ4v) is 3.62. The molecule has 0 saturated carbocycles. The molecule has 0 unspecified atom stereocenters. The SMILES string of the molecule is O=C(c1cccs1)N1CCN(CCCc2ccccc2F)CC1. The number of amides is 1. The molecular formula is C18H21FN2OS. The number of piperazine rings is 1. The van der Waals surface area contributed by atoms with Crippen molar-refractivity contribution < 1.29 is 9.18 Å². The summed E-state index contributed by atoms with van der Waals surface area (Å²) in [5.41, 5.74) is 0.791. The molecule has 0 N–H and O–H groups in total. The van der Waals surface area contributed by atoms with Gasteiger partial charge in [0, 0.05) is 26.2 Å². The summed E-state index contributed by atoms with van der Waals surface area (Å²) in [6.45, 7) is 4.30. The van der Waals surface area contributed by atoms with E-state index < -0.39 is 0 Å². The molecule has 1 aliphatic heterocycles. The molecule has 0 aliphatic carbocycles. The van der Waals surface area contributed by atoms with E-state index in [2.05, 4.69) is 4.90 Å². The minimum atomic E-state index is -0.112. The molecule has 1 saturated heterocycles. The van der Waals surface area contributed by atoms with Crippen molar-refractivity contribution in [3.63, 3.8) is 0 Å². The highest BCUT2D eigenvalue weighted by Gasteiger charge is 2.22. The van der Waals surface area contributed by atoms with E-state index in [1.165, 1.54) is 17.4 Å².